The number of hydrogen-bond donors (Lipinski definition) is 2. The van der Waals surface area contributed by atoms with Crippen molar-refractivity contribution in [1.29, 1.82) is 0 Å². The van der Waals surface area contributed by atoms with Crippen LogP contribution in [0.5, 0.6) is 0 Å². The minimum atomic E-state index is -0.0660. The van der Waals surface area contributed by atoms with E-state index in [0.717, 1.165) is 35.9 Å². The molecule has 0 amide bonds. The zero-order valence-corrected chi connectivity index (χ0v) is 9.77. The molecule has 0 saturated carbocycles. The molecule has 0 atom stereocenters. The molecule has 0 saturated heterocycles. The van der Waals surface area contributed by atoms with E-state index in [0.29, 0.717) is 6.54 Å². The normalized spacial score (nSPS) is 10.5. The molecule has 0 radical (unpaired) electrons. The summed E-state index contributed by atoms with van der Waals surface area (Å²) >= 11 is 1.75. The van der Waals surface area contributed by atoms with Crippen LogP contribution in [0.1, 0.15) is 24.9 Å². The minimum Gasteiger partial charge on any atom is -0.330 e. The fraction of sp³-hybridized carbons (Fsp3) is 0.600. The Morgan fingerprint density at radius 2 is 2.40 bits per heavy atom. The minimum absolute atomic E-state index is 0.0660. The van der Waals surface area contributed by atoms with Crippen molar-refractivity contribution >= 4 is 11.8 Å². The third kappa shape index (κ3) is 4.48. The van der Waals surface area contributed by atoms with E-state index in [2.05, 4.69) is 16.9 Å². The first-order valence-electron chi connectivity index (χ1n) is 5.13. The summed E-state index contributed by atoms with van der Waals surface area (Å²) < 4.78 is 0. The summed E-state index contributed by atoms with van der Waals surface area (Å²) in [7, 11) is 0. The van der Waals surface area contributed by atoms with Gasteiger partial charge in [-0.05, 0) is 25.1 Å². The average molecular weight is 227 g/mol. The van der Waals surface area contributed by atoms with Gasteiger partial charge >= 0.3 is 0 Å². The van der Waals surface area contributed by atoms with Crippen molar-refractivity contribution < 1.29 is 0 Å². The Labute approximate surface area is 93.7 Å². The summed E-state index contributed by atoms with van der Waals surface area (Å²) in [4.78, 5) is 18.4. The molecule has 3 N–H and O–H groups in total. The summed E-state index contributed by atoms with van der Waals surface area (Å²) in [5.74, 6) is 2.56. The first kappa shape index (κ1) is 12.3. The maximum Gasteiger partial charge on any atom is 0.251 e. The number of aromatic nitrogens is 2. The van der Waals surface area contributed by atoms with E-state index in [1.54, 1.807) is 17.8 Å². The molecule has 84 valence electrons. The van der Waals surface area contributed by atoms with Gasteiger partial charge < -0.3 is 10.7 Å². The molecular formula is C10H17N3OS. The molecule has 0 aliphatic carbocycles. The van der Waals surface area contributed by atoms with Crippen molar-refractivity contribution in [2.24, 2.45) is 5.73 Å². The number of nitrogens with two attached hydrogens (primary N) is 1. The van der Waals surface area contributed by atoms with Gasteiger partial charge in [0, 0.05) is 11.8 Å². The molecule has 0 bridgehead atoms. The first-order valence-corrected chi connectivity index (χ1v) is 6.28. The van der Waals surface area contributed by atoms with E-state index in [4.69, 9.17) is 5.73 Å². The maximum absolute atomic E-state index is 11.3. The van der Waals surface area contributed by atoms with Gasteiger partial charge in [0.2, 0.25) is 0 Å². The van der Waals surface area contributed by atoms with Crippen LogP contribution < -0.4 is 11.3 Å². The van der Waals surface area contributed by atoms with E-state index >= 15 is 0 Å². The summed E-state index contributed by atoms with van der Waals surface area (Å²) in [6.07, 6.45) is 1.65. The van der Waals surface area contributed by atoms with Gasteiger partial charge in [0.1, 0.15) is 5.82 Å². The SMILES string of the molecule is CCSCc1nc(CCCN)cc(=O)[nH]1. The Balaban J connectivity index is 2.71. The van der Waals surface area contributed by atoms with Gasteiger partial charge in [-0.15, -0.1) is 0 Å². The number of aryl methyl sites for hydroxylation is 1. The van der Waals surface area contributed by atoms with Crippen molar-refractivity contribution in [2.45, 2.75) is 25.5 Å². The quantitative estimate of drug-likeness (QED) is 0.758. The van der Waals surface area contributed by atoms with Gasteiger partial charge in [0.25, 0.3) is 5.56 Å². The highest BCUT2D eigenvalue weighted by Gasteiger charge is 2.00. The molecule has 0 unspecified atom stereocenters. The highest BCUT2D eigenvalue weighted by atomic mass is 32.2. The van der Waals surface area contributed by atoms with E-state index in [-0.39, 0.29) is 5.56 Å². The number of nitrogens with zero attached hydrogens (tertiary/aromatic N) is 1. The van der Waals surface area contributed by atoms with Crippen LogP contribution in [0.15, 0.2) is 10.9 Å². The van der Waals surface area contributed by atoms with Crippen LogP contribution in [-0.4, -0.2) is 22.3 Å². The Morgan fingerprint density at radius 1 is 1.60 bits per heavy atom. The largest absolute Gasteiger partial charge is 0.330 e. The fourth-order valence-corrected chi connectivity index (χ4v) is 1.78. The molecule has 1 rings (SSSR count). The van der Waals surface area contributed by atoms with Crippen molar-refractivity contribution in [2.75, 3.05) is 12.3 Å². The molecule has 15 heavy (non-hydrogen) atoms. The molecule has 1 aromatic heterocycles. The van der Waals surface area contributed by atoms with Gasteiger partial charge in [0.15, 0.2) is 0 Å². The lowest BCUT2D eigenvalue weighted by Crippen LogP contribution is -2.13. The van der Waals surface area contributed by atoms with Crippen LogP contribution >= 0.6 is 11.8 Å². The van der Waals surface area contributed by atoms with E-state index in [9.17, 15) is 4.79 Å². The number of nitrogens with one attached hydrogen (secondary N) is 1. The molecule has 0 spiro atoms. The molecule has 0 aliphatic rings. The summed E-state index contributed by atoms with van der Waals surface area (Å²) in [5, 5.41) is 0. The predicted octanol–water partition coefficient (Wildman–Crippen LogP) is 0.914. The Bertz CT molecular complexity index is 322. The predicted molar refractivity (Wildman–Crippen MR) is 64.1 cm³/mol. The summed E-state index contributed by atoms with van der Waals surface area (Å²) in [5.41, 5.74) is 6.19. The van der Waals surface area contributed by atoms with Crippen molar-refractivity contribution in [3.63, 3.8) is 0 Å². The summed E-state index contributed by atoms with van der Waals surface area (Å²) in [6.45, 7) is 2.72. The lowest BCUT2D eigenvalue weighted by atomic mass is 10.2. The van der Waals surface area contributed by atoms with Gasteiger partial charge in [0.05, 0.1) is 5.75 Å². The van der Waals surface area contributed by atoms with E-state index in [1.165, 1.54) is 0 Å². The van der Waals surface area contributed by atoms with Gasteiger partial charge in [-0.25, -0.2) is 4.98 Å². The second-order valence-corrected chi connectivity index (χ2v) is 4.49. The second-order valence-electron chi connectivity index (χ2n) is 3.21. The number of aromatic amines is 1. The Kier molecular flexibility index (Phi) is 5.42. The number of rotatable bonds is 6. The number of thioether (sulfide) groups is 1. The standard InChI is InChI=1S/C10H17N3OS/c1-2-15-7-9-12-8(4-3-5-11)6-10(14)13-9/h6H,2-5,7,11H2,1H3,(H,12,13,14). The van der Waals surface area contributed by atoms with Crippen LogP contribution in [0.3, 0.4) is 0 Å². The fourth-order valence-electron chi connectivity index (χ4n) is 1.24. The molecule has 5 heteroatoms. The van der Waals surface area contributed by atoms with Crippen LogP contribution in [0.25, 0.3) is 0 Å². The lowest BCUT2D eigenvalue weighted by Gasteiger charge is -2.02. The zero-order valence-electron chi connectivity index (χ0n) is 8.95. The smallest absolute Gasteiger partial charge is 0.251 e. The lowest BCUT2D eigenvalue weighted by molar-refractivity contribution is 0.793. The van der Waals surface area contributed by atoms with Gasteiger partial charge in [-0.1, -0.05) is 6.92 Å². The van der Waals surface area contributed by atoms with Crippen LogP contribution in [0, 0.1) is 0 Å². The zero-order chi connectivity index (χ0) is 11.1. The molecule has 1 heterocycles. The van der Waals surface area contributed by atoms with Crippen molar-refractivity contribution in [1.82, 2.24) is 9.97 Å². The molecule has 0 aliphatic heterocycles. The van der Waals surface area contributed by atoms with Crippen molar-refractivity contribution in [3.8, 4) is 0 Å². The highest BCUT2D eigenvalue weighted by molar-refractivity contribution is 7.98. The molecule has 0 fully saturated rings. The second kappa shape index (κ2) is 6.63. The number of H-pyrrole nitrogens is 1. The molecular weight excluding hydrogens is 210 g/mol. The molecule has 0 aromatic carbocycles. The topological polar surface area (TPSA) is 71.8 Å². The van der Waals surface area contributed by atoms with E-state index in [1.807, 2.05) is 0 Å². The number of hydrogen-bond acceptors (Lipinski definition) is 4. The monoisotopic (exact) mass is 227 g/mol. The highest BCUT2D eigenvalue weighted by Crippen LogP contribution is 2.06. The maximum atomic E-state index is 11.3. The van der Waals surface area contributed by atoms with Crippen LogP contribution in [0.4, 0.5) is 0 Å². The average Bonchev–Trinajstić information content (AvgIpc) is 2.23. The third-order valence-corrected chi connectivity index (χ3v) is 2.81. The molecule has 4 nitrogen and oxygen atoms in total. The van der Waals surface area contributed by atoms with Gasteiger partial charge in [-0.3, -0.25) is 4.79 Å². The first-order chi connectivity index (χ1) is 7.26. The van der Waals surface area contributed by atoms with Gasteiger partial charge in [-0.2, -0.15) is 11.8 Å². The van der Waals surface area contributed by atoms with Crippen LogP contribution in [0.2, 0.25) is 0 Å². The third-order valence-electron chi connectivity index (χ3n) is 1.92. The Hall–Kier alpha value is -0.810. The van der Waals surface area contributed by atoms with Crippen LogP contribution in [-0.2, 0) is 12.2 Å². The van der Waals surface area contributed by atoms with Crippen molar-refractivity contribution in [3.05, 3.63) is 27.9 Å². The summed E-state index contributed by atoms with van der Waals surface area (Å²) in [6, 6.07) is 1.55. The molecule has 1 aromatic rings. The Morgan fingerprint density at radius 3 is 3.07 bits per heavy atom. The van der Waals surface area contributed by atoms with E-state index < -0.39 is 0 Å².